The fraction of sp³-hybridized carbons (Fsp3) is 0.211. The van der Waals surface area contributed by atoms with Crippen LogP contribution in [0.5, 0.6) is 11.5 Å². The Morgan fingerprint density at radius 3 is 2.77 bits per heavy atom. The third-order valence-corrected chi connectivity index (χ3v) is 4.14. The van der Waals surface area contributed by atoms with Gasteiger partial charge in [-0.15, -0.1) is 10.2 Å². The van der Waals surface area contributed by atoms with E-state index < -0.39 is 0 Å². The van der Waals surface area contributed by atoms with Gasteiger partial charge in [0.15, 0.2) is 11.5 Å². The number of benzene rings is 2. The second-order valence-electron chi connectivity index (χ2n) is 5.96. The van der Waals surface area contributed by atoms with Gasteiger partial charge >= 0.3 is 0 Å². The first-order chi connectivity index (χ1) is 12.8. The summed E-state index contributed by atoms with van der Waals surface area (Å²) in [6, 6.07) is 14.9. The Hall–Kier alpha value is -3.35. The first-order valence-corrected chi connectivity index (χ1v) is 8.41. The molecule has 0 aliphatic carbocycles. The number of para-hydroxylation sites is 2. The van der Waals surface area contributed by atoms with Gasteiger partial charge in [0, 0.05) is 24.2 Å². The van der Waals surface area contributed by atoms with Gasteiger partial charge in [-0.2, -0.15) is 0 Å². The van der Waals surface area contributed by atoms with Crippen molar-refractivity contribution in [3.05, 3.63) is 66.7 Å². The number of hydrogen-bond acceptors (Lipinski definition) is 5. The molecule has 1 atom stereocenters. The van der Waals surface area contributed by atoms with Crippen molar-refractivity contribution in [2.24, 2.45) is 0 Å². The van der Waals surface area contributed by atoms with Crippen LogP contribution >= 0.6 is 0 Å². The fourth-order valence-electron chi connectivity index (χ4n) is 2.80. The monoisotopic (exact) mass is 350 g/mol. The van der Waals surface area contributed by atoms with E-state index in [4.69, 9.17) is 9.47 Å². The van der Waals surface area contributed by atoms with Crippen molar-refractivity contribution in [1.29, 1.82) is 0 Å². The standard InChI is InChI=1S/C19H18N4O3/c24-19(14-4-3-5-15(10-14)23-12-21-22-13-23)20-9-8-16-11-25-17-6-1-2-7-18(17)26-16/h1-7,10,12-13,16H,8-9,11H2,(H,20,24). The highest BCUT2D eigenvalue weighted by atomic mass is 16.6. The summed E-state index contributed by atoms with van der Waals surface area (Å²) in [5.41, 5.74) is 1.42. The number of carbonyl (C=O) groups excluding carboxylic acids is 1. The molecule has 1 aliphatic heterocycles. The van der Waals surface area contributed by atoms with Gasteiger partial charge in [-0.05, 0) is 30.3 Å². The molecule has 4 rings (SSSR count). The third-order valence-electron chi connectivity index (χ3n) is 4.14. The Kier molecular flexibility index (Phi) is 4.51. The lowest BCUT2D eigenvalue weighted by Crippen LogP contribution is -2.34. The number of nitrogens with zero attached hydrogens (tertiary/aromatic N) is 3. The van der Waals surface area contributed by atoms with Crippen molar-refractivity contribution in [2.45, 2.75) is 12.5 Å². The topological polar surface area (TPSA) is 78.3 Å². The lowest BCUT2D eigenvalue weighted by molar-refractivity contribution is 0.0813. The van der Waals surface area contributed by atoms with E-state index in [0.717, 1.165) is 17.2 Å². The lowest BCUT2D eigenvalue weighted by atomic mass is 10.1. The molecule has 1 N–H and O–H groups in total. The van der Waals surface area contributed by atoms with E-state index in [2.05, 4.69) is 15.5 Å². The highest BCUT2D eigenvalue weighted by molar-refractivity contribution is 5.94. The zero-order chi connectivity index (χ0) is 17.8. The van der Waals surface area contributed by atoms with Crippen LogP contribution in [0, 0.1) is 0 Å². The molecule has 0 spiro atoms. The Labute approximate surface area is 150 Å². The van der Waals surface area contributed by atoms with Crippen molar-refractivity contribution in [3.63, 3.8) is 0 Å². The maximum atomic E-state index is 12.4. The molecule has 0 fully saturated rings. The summed E-state index contributed by atoms with van der Waals surface area (Å²) in [6.07, 6.45) is 3.78. The Morgan fingerprint density at radius 2 is 1.92 bits per heavy atom. The van der Waals surface area contributed by atoms with Gasteiger partial charge in [0.05, 0.1) is 0 Å². The highest BCUT2D eigenvalue weighted by Gasteiger charge is 2.20. The van der Waals surface area contributed by atoms with E-state index in [-0.39, 0.29) is 12.0 Å². The first kappa shape index (κ1) is 16.1. The Balaban J connectivity index is 1.32. The molecule has 1 aromatic heterocycles. The number of hydrogen-bond donors (Lipinski definition) is 1. The van der Waals surface area contributed by atoms with Gasteiger partial charge in [-0.1, -0.05) is 18.2 Å². The van der Waals surface area contributed by atoms with Gasteiger partial charge in [-0.3, -0.25) is 9.36 Å². The van der Waals surface area contributed by atoms with Gasteiger partial charge in [-0.25, -0.2) is 0 Å². The number of fused-ring (bicyclic) bond motifs is 1. The van der Waals surface area contributed by atoms with Crippen LogP contribution in [0.25, 0.3) is 5.69 Å². The fourth-order valence-corrected chi connectivity index (χ4v) is 2.80. The maximum Gasteiger partial charge on any atom is 0.251 e. The number of nitrogens with one attached hydrogen (secondary N) is 1. The molecule has 2 aromatic carbocycles. The van der Waals surface area contributed by atoms with Crippen molar-refractivity contribution < 1.29 is 14.3 Å². The average Bonchev–Trinajstić information content (AvgIpc) is 3.23. The summed E-state index contributed by atoms with van der Waals surface area (Å²) in [5, 5.41) is 10.5. The smallest absolute Gasteiger partial charge is 0.251 e. The average molecular weight is 350 g/mol. The second kappa shape index (κ2) is 7.26. The van der Waals surface area contributed by atoms with Crippen LogP contribution in [0.4, 0.5) is 0 Å². The Morgan fingerprint density at radius 1 is 1.12 bits per heavy atom. The summed E-state index contributed by atoms with van der Waals surface area (Å²) in [7, 11) is 0. The number of amides is 1. The summed E-state index contributed by atoms with van der Waals surface area (Å²) < 4.78 is 13.3. The van der Waals surface area contributed by atoms with Crippen molar-refractivity contribution >= 4 is 5.91 Å². The molecule has 0 saturated carbocycles. The second-order valence-corrected chi connectivity index (χ2v) is 5.96. The molecule has 132 valence electrons. The lowest BCUT2D eigenvalue weighted by Gasteiger charge is -2.26. The summed E-state index contributed by atoms with van der Waals surface area (Å²) in [4.78, 5) is 12.4. The predicted molar refractivity (Wildman–Crippen MR) is 94.7 cm³/mol. The number of carbonyl (C=O) groups is 1. The quantitative estimate of drug-likeness (QED) is 0.763. The molecule has 0 bridgehead atoms. The van der Waals surface area contributed by atoms with Crippen LogP contribution in [0.1, 0.15) is 16.8 Å². The van der Waals surface area contributed by atoms with E-state index in [9.17, 15) is 4.79 Å². The SMILES string of the molecule is O=C(NCCC1COc2ccccc2O1)c1cccc(-n2cnnc2)c1. The minimum absolute atomic E-state index is 0.0754. The largest absolute Gasteiger partial charge is 0.486 e. The predicted octanol–water partition coefficient (Wildman–Crippen LogP) is 2.23. The van der Waals surface area contributed by atoms with Crippen LogP contribution < -0.4 is 14.8 Å². The van der Waals surface area contributed by atoms with Gasteiger partial charge in [0.2, 0.25) is 0 Å². The molecule has 7 nitrogen and oxygen atoms in total. The summed E-state index contributed by atoms with van der Waals surface area (Å²) >= 11 is 0. The summed E-state index contributed by atoms with van der Waals surface area (Å²) in [6.45, 7) is 0.988. The normalized spacial score (nSPS) is 15.5. The molecular weight excluding hydrogens is 332 g/mol. The molecule has 0 saturated heterocycles. The van der Waals surface area contributed by atoms with Crippen LogP contribution in [-0.2, 0) is 0 Å². The van der Waals surface area contributed by atoms with Crippen LogP contribution in [0.2, 0.25) is 0 Å². The van der Waals surface area contributed by atoms with Gasteiger partial charge < -0.3 is 14.8 Å². The first-order valence-electron chi connectivity index (χ1n) is 8.41. The molecule has 26 heavy (non-hydrogen) atoms. The molecular formula is C19H18N4O3. The van der Waals surface area contributed by atoms with Crippen LogP contribution in [0.3, 0.4) is 0 Å². The van der Waals surface area contributed by atoms with Crippen molar-refractivity contribution in [3.8, 4) is 17.2 Å². The maximum absolute atomic E-state index is 12.4. The molecule has 1 amide bonds. The van der Waals surface area contributed by atoms with Gasteiger partial charge in [0.25, 0.3) is 5.91 Å². The minimum Gasteiger partial charge on any atom is -0.486 e. The van der Waals surface area contributed by atoms with E-state index in [1.54, 1.807) is 29.4 Å². The van der Waals surface area contributed by atoms with Gasteiger partial charge in [0.1, 0.15) is 25.4 Å². The number of aromatic nitrogens is 3. The summed E-state index contributed by atoms with van der Waals surface area (Å²) in [5.74, 6) is 1.38. The van der Waals surface area contributed by atoms with Crippen molar-refractivity contribution in [1.82, 2.24) is 20.1 Å². The molecule has 0 radical (unpaired) electrons. The Bertz CT molecular complexity index is 895. The van der Waals surface area contributed by atoms with E-state index in [1.807, 2.05) is 36.4 Å². The molecule has 2 heterocycles. The minimum atomic E-state index is -0.128. The van der Waals surface area contributed by atoms with E-state index in [0.29, 0.717) is 25.1 Å². The van der Waals surface area contributed by atoms with E-state index in [1.165, 1.54) is 0 Å². The van der Waals surface area contributed by atoms with Crippen molar-refractivity contribution in [2.75, 3.05) is 13.2 Å². The molecule has 3 aromatic rings. The molecule has 7 heteroatoms. The number of rotatable bonds is 5. The number of ether oxygens (including phenoxy) is 2. The van der Waals surface area contributed by atoms with Crippen LogP contribution in [0.15, 0.2) is 61.2 Å². The highest BCUT2D eigenvalue weighted by Crippen LogP contribution is 2.31. The molecule has 1 unspecified atom stereocenters. The molecule has 1 aliphatic rings. The third kappa shape index (κ3) is 3.51. The zero-order valence-electron chi connectivity index (χ0n) is 14.0. The van der Waals surface area contributed by atoms with Crippen LogP contribution in [-0.4, -0.2) is 39.9 Å². The zero-order valence-corrected chi connectivity index (χ0v) is 14.0. The van der Waals surface area contributed by atoms with E-state index >= 15 is 0 Å².